The Hall–Kier alpha value is -2.84. The van der Waals surface area contributed by atoms with Gasteiger partial charge in [-0.3, -0.25) is 4.79 Å². The summed E-state index contributed by atoms with van der Waals surface area (Å²) in [4.78, 5) is 15.2. The number of likely N-dealkylation sites (N-methyl/N-ethyl adjacent to an activating group) is 1. The van der Waals surface area contributed by atoms with E-state index in [1.807, 2.05) is 19.1 Å². The largest absolute Gasteiger partial charge is 0.496 e. The lowest BCUT2D eigenvalue weighted by Gasteiger charge is -2.26. The highest BCUT2D eigenvalue weighted by atomic mass is 16.5. The first kappa shape index (κ1) is 18.0. The number of carbonyl (C=O) groups is 1. The van der Waals surface area contributed by atoms with Crippen molar-refractivity contribution < 1.29 is 9.53 Å². The molecule has 0 radical (unpaired) electrons. The minimum absolute atomic E-state index is 0.256. The van der Waals surface area contributed by atoms with E-state index in [-0.39, 0.29) is 5.91 Å². The Labute approximate surface area is 154 Å². The van der Waals surface area contributed by atoms with Crippen molar-refractivity contribution >= 4 is 11.6 Å². The van der Waals surface area contributed by atoms with Crippen LogP contribution in [0.5, 0.6) is 5.75 Å². The molecule has 0 unspecified atom stereocenters. The van der Waals surface area contributed by atoms with Gasteiger partial charge in [0.25, 0.3) is 5.91 Å². The van der Waals surface area contributed by atoms with E-state index in [9.17, 15) is 10.1 Å². The molecule has 1 N–H and O–H groups in total. The molecule has 26 heavy (non-hydrogen) atoms. The van der Waals surface area contributed by atoms with Crippen LogP contribution in [-0.4, -0.2) is 31.5 Å². The molecule has 0 saturated carbocycles. The number of rotatable bonds is 4. The van der Waals surface area contributed by atoms with E-state index >= 15 is 0 Å². The summed E-state index contributed by atoms with van der Waals surface area (Å²) < 4.78 is 5.40. The summed E-state index contributed by atoms with van der Waals surface area (Å²) >= 11 is 0. The molecule has 0 fully saturated rings. The Kier molecular flexibility index (Phi) is 5.24. The zero-order chi connectivity index (χ0) is 18.7. The number of nitrogens with zero attached hydrogens (tertiary/aromatic N) is 2. The van der Waals surface area contributed by atoms with Crippen molar-refractivity contribution in [3.63, 3.8) is 0 Å². The van der Waals surface area contributed by atoms with Crippen molar-refractivity contribution in [2.24, 2.45) is 0 Å². The van der Waals surface area contributed by atoms with Crippen molar-refractivity contribution in [3.05, 3.63) is 58.1 Å². The lowest BCUT2D eigenvalue weighted by atomic mass is 9.97. The van der Waals surface area contributed by atoms with Gasteiger partial charge in [-0.25, -0.2) is 0 Å². The monoisotopic (exact) mass is 349 g/mol. The normalized spacial score (nSPS) is 13.6. The van der Waals surface area contributed by atoms with Gasteiger partial charge in [-0.1, -0.05) is 19.1 Å². The number of nitrogens with one attached hydrogen (secondary N) is 1. The van der Waals surface area contributed by atoms with Crippen LogP contribution >= 0.6 is 0 Å². The van der Waals surface area contributed by atoms with Gasteiger partial charge in [0.05, 0.1) is 24.3 Å². The van der Waals surface area contributed by atoms with Gasteiger partial charge >= 0.3 is 0 Å². The zero-order valence-corrected chi connectivity index (χ0v) is 15.4. The fourth-order valence-corrected chi connectivity index (χ4v) is 3.42. The van der Waals surface area contributed by atoms with Crippen molar-refractivity contribution in [1.82, 2.24) is 4.90 Å². The second-order valence-corrected chi connectivity index (χ2v) is 6.56. The summed E-state index contributed by atoms with van der Waals surface area (Å²) in [5.41, 5.74) is 5.02. The molecule has 1 aliphatic heterocycles. The Morgan fingerprint density at radius 3 is 2.88 bits per heavy atom. The lowest BCUT2D eigenvalue weighted by molar-refractivity contribution is 0.102. The predicted octanol–water partition coefficient (Wildman–Crippen LogP) is 3.37. The van der Waals surface area contributed by atoms with E-state index in [2.05, 4.69) is 29.4 Å². The van der Waals surface area contributed by atoms with Gasteiger partial charge in [-0.05, 0) is 54.8 Å². The number of benzene rings is 2. The Morgan fingerprint density at radius 2 is 2.19 bits per heavy atom. The van der Waals surface area contributed by atoms with Crippen molar-refractivity contribution in [2.75, 3.05) is 26.0 Å². The molecule has 2 aromatic rings. The molecule has 3 rings (SSSR count). The third-order valence-electron chi connectivity index (χ3n) is 4.88. The van der Waals surface area contributed by atoms with Gasteiger partial charge in [0.1, 0.15) is 5.75 Å². The van der Waals surface area contributed by atoms with E-state index < -0.39 is 0 Å². The molecule has 0 bridgehead atoms. The fraction of sp³-hybridized carbons (Fsp3) is 0.333. The molecule has 5 nitrogen and oxygen atoms in total. The molecule has 1 amide bonds. The summed E-state index contributed by atoms with van der Waals surface area (Å²) in [6.45, 7) is 3.82. The number of ether oxygens (including phenoxy) is 1. The van der Waals surface area contributed by atoms with Crippen LogP contribution in [0.4, 0.5) is 5.69 Å². The molecular weight excluding hydrogens is 326 g/mol. The molecule has 134 valence electrons. The first-order valence-corrected chi connectivity index (χ1v) is 8.79. The first-order valence-electron chi connectivity index (χ1n) is 8.79. The van der Waals surface area contributed by atoms with Crippen LogP contribution in [0.1, 0.15) is 39.5 Å². The third-order valence-corrected chi connectivity index (χ3v) is 4.88. The topological polar surface area (TPSA) is 65.4 Å². The van der Waals surface area contributed by atoms with Crippen LogP contribution in [0, 0.1) is 11.3 Å². The molecule has 5 heteroatoms. The van der Waals surface area contributed by atoms with Crippen LogP contribution in [0.3, 0.4) is 0 Å². The van der Waals surface area contributed by atoms with Crippen LogP contribution in [0.15, 0.2) is 30.3 Å². The van der Waals surface area contributed by atoms with Gasteiger partial charge in [0.15, 0.2) is 0 Å². The van der Waals surface area contributed by atoms with E-state index in [0.29, 0.717) is 23.3 Å². The molecule has 0 spiro atoms. The maximum absolute atomic E-state index is 12.9. The zero-order valence-electron chi connectivity index (χ0n) is 15.4. The summed E-state index contributed by atoms with van der Waals surface area (Å²) in [5.74, 6) is 0.233. The molecular formula is C21H23N3O2. The maximum atomic E-state index is 12.9. The van der Waals surface area contributed by atoms with Crippen molar-refractivity contribution in [2.45, 2.75) is 26.3 Å². The molecule has 1 aliphatic rings. The molecule has 2 aromatic carbocycles. The van der Waals surface area contributed by atoms with Gasteiger partial charge < -0.3 is 15.0 Å². The number of fused-ring (bicyclic) bond motifs is 1. The number of hydrogen-bond donors (Lipinski definition) is 1. The number of amides is 1. The predicted molar refractivity (Wildman–Crippen MR) is 102 cm³/mol. The average Bonchev–Trinajstić information content (AvgIpc) is 2.66. The highest BCUT2D eigenvalue weighted by Crippen LogP contribution is 2.28. The molecule has 1 heterocycles. The summed E-state index contributed by atoms with van der Waals surface area (Å²) in [6.07, 6.45) is 1.61. The van der Waals surface area contributed by atoms with Crippen LogP contribution in [0.2, 0.25) is 0 Å². The van der Waals surface area contributed by atoms with Crippen molar-refractivity contribution in [1.29, 1.82) is 5.26 Å². The summed E-state index contributed by atoms with van der Waals surface area (Å²) in [6, 6.07) is 11.6. The number of carbonyl (C=O) groups excluding carboxylic acids is 1. The van der Waals surface area contributed by atoms with Gasteiger partial charge in [-0.2, -0.15) is 5.26 Å². The van der Waals surface area contributed by atoms with Gasteiger partial charge in [0.2, 0.25) is 0 Å². The average molecular weight is 349 g/mol. The quantitative estimate of drug-likeness (QED) is 0.919. The molecule has 0 aliphatic carbocycles. The van der Waals surface area contributed by atoms with Crippen LogP contribution in [-0.2, 0) is 19.4 Å². The molecule has 0 aromatic heterocycles. The van der Waals surface area contributed by atoms with Crippen molar-refractivity contribution in [3.8, 4) is 11.8 Å². The van der Waals surface area contributed by atoms with Gasteiger partial charge in [0, 0.05) is 18.8 Å². The lowest BCUT2D eigenvalue weighted by Crippen LogP contribution is -2.27. The number of anilines is 1. The maximum Gasteiger partial charge on any atom is 0.259 e. The number of hydrogen-bond acceptors (Lipinski definition) is 4. The third kappa shape index (κ3) is 3.42. The second-order valence-electron chi connectivity index (χ2n) is 6.56. The minimum Gasteiger partial charge on any atom is -0.496 e. The number of aryl methyl sites for hydroxylation is 1. The highest BCUT2D eigenvalue weighted by Gasteiger charge is 2.20. The Balaban J connectivity index is 1.94. The smallest absolute Gasteiger partial charge is 0.259 e. The Morgan fingerprint density at radius 1 is 1.38 bits per heavy atom. The molecule has 0 atom stereocenters. The SMILES string of the molecule is CCc1cc(OC)c(C(=O)Nc2cccc3c2CCN(C)C3)cc1C#N. The number of nitriles is 1. The minimum atomic E-state index is -0.256. The van der Waals surface area contributed by atoms with Crippen LogP contribution < -0.4 is 10.1 Å². The molecule has 0 saturated heterocycles. The van der Waals surface area contributed by atoms with E-state index in [1.54, 1.807) is 12.1 Å². The fourth-order valence-electron chi connectivity index (χ4n) is 3.42. The Bertz CT molecular complexity index is 884. The van der Waals surface area contributed by atoms with Crippen LogP contribution in [0.25, 0.3) is 0 Å². The summed E-state index contributed by atoms with van der Waals surface area (Å²) in [5, 5.41) is 12.4. The number of methoxy groups -OCH3 is 1. The van der Waals surface area contributed by atoms with E-state index in [1.165, 1.54) is 18.2 Å². The van der Waals surface area contributed by atoms with Gasteiger partial charge in [-0.15, -0.1) is 0 Å². The highest BCUT2D eigenvalue weighted by molar-refractivity contribution is 6.07. The first-order chi connectivity index (χ1) is 12.6. The summed E-state index contributed by atoms with van der Waals surface area (Å²) in [7, 11) is 3.63. The van der Waals surface area contributed by atoms with E-state index in [0.717, 1.165) is 30.8 Å². The standard InChI is InChI=1S/C21H23N3O2/c1-4-14-11-20(26-3)18(10-16(14)12-22)21(25)23-19-7-5-6-15-13-24(2)9-8-17(15)19/h5-7,10-11H,4,8-9,13H2,1-3H3,(H,23,25). The van der Waals surface area contributed by atoms with E-state index in [4.69, 9.17) is 4.74 Å². The second kappa shape index (κ2) is 7.59.